The van der Waals surface area contributed by atoms with Crippen LogP contribution in [0.25, 0.3) is 0 Å². The molecule has 0 aliphatic heterocycles. The fourth-order valence-electron chi connectivity index (χ4n) is 3.67. The Morgan fingerprint density at radius 2 is 0.938 bits per heavy atom. The van der Waals surface area contributed by atoms with Crippen LogP contribution in [-0.2, 0) is 0 Å². The van der Waals surface area contributed by atoms with Gasteiger partial charge in [-0.05, 0) is 12.1 Å². The summed E-state index contributed by atoms with van der Waals surface area (Å²) in [5.74, 6) is 7.00. The van der Waals surface area contributed by atoms with Gasteiger partial charge in [-0.25, -0.2) is 4.98 Å². The largest absolute Gasteiger partial charge is 0.333 e. The highest BCUT2D eigenvalue weighted by atomic mass is 15.2. The van der Waals surface area contributed by atoms with E-state index in [0.717, 1.165) is 10.2 Å². The molecule has 3 heteroatoms. The molecule has 0 saturated heterocycles. The third-order valence-corrected chi connectivity index (χ3v) is 4.98. The highest BCUT2D eigenvalue weighted by molar-refractivity contribution is 7.16. The molecule has 0 N–H and O–H groups in total. The van der Waals surface area contributed by atoms with Crippen LogP contribution in [0.4, 0.5) is 0 Å². The molecule has 0 spiro atoms. The second-order valence-electron chi connectivity index (χ2n) is 9.27. The minimum Gasteiger partial charge on any atom is -0.333 e. The summed E-state index contributed by atoms with van der Waals surface area (Å²) in [6.07, 6.45) is 0.343. The molecule has 0 bridgehead atoms. The summed E-state index contributed by atoms with van der Waals surface area (Å²) < 4.78 is 1.00. The number of benzene rings is 3. The Kier molecular flexibility index (Phi) is 7.65. The first-order chi connectivity index (χ1) is 15.4. The molecule has 0 radical (unpaired) electrons. The Morgan fingerprint density at radius 3 is 1.28 bits per heavy atom. The summed E-state index contributed by atoms with van der Waals surface area (Å²) in [5, 5.41) is 0. The van der Waals surface area contributed by atoms with E-state index in [1.54, 1.807) is 6.20 Å². The Labute approximate surface area is 193 Å². The summed E-state index contributed by atoms with van der Waals surface area (Å²) in [7, 11) is 8.50. The van der Waals surface area contributed by atoms with Crippen molar-refractivity contribution in [2.75, 3.05) is 28.2 Å². The van der Waals surface area contributed by atoms with Crippen LogP contribution in [0.15, 0.2) is 115 Å². The molecular formula is C29H31BN2. The maximum atomic E-state index is 4.40. The average Bonchev–Trinajstić information content (AvgIpc) is 2.81. The zero-order valence-corrected chi connectivity index (χ0v) is 19.4. The van der Waals surface area contributed by atoms with Crippen LogP contribution in [-0.4, -0.2) is 43.8 Å². The summed E-state index contributed by atoms with van der Waals surface area (Å²) in [6, 6.07) is 37.5. The van der Waals surface area contributed by atoms with Crippen LogP contribution >= 0.6 is 0 Å². The molecule has 0 atom stereocenters. The van der Waals surface area contributed by atoms with Gasteiger partial charge in [0.05, 0.1) is 28.2 Å². The third-order valence-electron chi connectivity index (χ3n) is 4.98. The van der Waals surface area contributed by atoms with E-state index in [9.17, 15) is 0 Å². The second kappa shape index (κ2) is 10.6. The zero-order chi connectivity index (χ0) is 22.9. The number of nitrogens with zero attached hydrogens (tertiary/aromatic N) is 2. The van der Waals surface area contributed by atoms with E-state index >= 15 is 0 Å². The number of quaternary nitrogens is 1. The van der Waals surface area contributed by atoms with E-state index in [1.165, 1.54) is 16.4 Å². The molecule has 1 heterocycles. The van der Waals surface area contributed by atoms with E-state index in [2.05, 4.69) is 118 Å². The molecule has 0 aliphatic rings. The van der Waals surface area contributed by atoms with Crippen LogP contribution < -0.4 is 16.4 Å². The van der Waals surface area contributed by atoms with Gasteiger partial charge in [-0.15, -0.1) is 0 Å². The predicted molar refractivity (Wildman–Crippen MR) is 139 cm³/mol. The van der Waals surface area contributed by atoms with Crippen LogP contribution in [0.5, 0.6) is 0 Å². The summed E-state index contributed by atoms with van der Waals surface area (Å²) in [4.78, 5) is 4.40. The SMILES string of the molecule is C(#C[B-](c1ccccc1)(c1ccccc1)c1ccccc1)c1ccccn1.C[N+](C)(C)C. The van der Waals surface area contributed by atoms with E-state index < -0.39 is 6.15 Å². The fourth-order valence-corrected chi connectivity index (χ4v) is 3.67. The molecule has 4 rings (SSSR count). The lowest BCUT2D eigenvalue weighted by atomic mass is 9.16. The molecule has 0 saturated carbocycles. The van der Waals surface area contributed by atoms with Crippen molar-refractivity contribution in [2.45, 2.75) is 0 Å². The van der Waals surface area contributed by atoms with Gasteiger partial charge in [0.2, 0.25) is 0 Å². The average molecular weight is 418 g/mol. The molecule has 32 heavy (non-hydrogen) atoms. The Hall–Kier alpha value is -3.61. The first kappa shape index (κ1) is 23.1. The maximum Gasteiger partial charge on any atom is 0.149 e. The summed E-state index contributed by atoms with van der Waals surface area (Å²) in [6.45, 7) is 0. The lowest BCUT2D eigenvalue weighted by Crippen LogP contribution is -2.66. The normalized spacial score (nSPS) is 10.9. The lowest BCUT2D eigenvalue weighted by molar-refractivity contribution is -0.849. The van der Waals surface area contributed by atoms with Crippen molar-refractivity contribution in [2.24, 2.45) is 0 Å². The number of hydrogen-bond acceptors (Lipinski definition) is 1. The van der Waals surface area contributed by atoms with Crippen molar-refractivity contribution in [1.29, 1.82) is 0 Å². The molecule has 160 valence electrons. The molecule has 3 aromatic carbocycles. The van der Waals surface area contributed by atoms with Crippen LogP contribution in [0, 0.1) is 11.7 Å². The molecule has 0 unspecified atom stereocenters. The Morgan fingerprint density at radius 1 is 0.562 bits per heavy atom. The van der Waals surface area contributed by atoms with Crippen LogP contribution in [0.3, 0.4) is 0 Å². The number of rotatable bonds is 3. The van der Waals surface area contributed by atoms with E-state index in [0.29, 0.717) is 0 Å². The first-order valence-electron chi connectivity index (χ1n) is 10.9. The first-order valence-corrected chi connectivity index (χ1v) is 10.9. The summed E-state index contributed by atoms with van der Waals surface area (Å²) in [5.41, 5.74) is 4.40. The minimum atomic E-state index is -1.44. The maximum absolute atomic E-state index is 4.40. The van der Waals surface area contributed by atoms with Gasteiger partial charge in [0.1, 0.15) is 11.8 Å². The molecule has 0 fully saturated rings. The highest BCUT2D eigenvalue weighted by Crippen LogP contribution is 2.07. The van der Waals surface area contributed by atoms with Gasteiger partial charge < -0.3 is 4.48 Å². The van der Waals surface area contributed by atoms with Gasteiger partial charge in [-0.1, -0.05) is 103 Å². The van der Waals surface area contributed by atoms with E-state index in [-0.39, 0.29) is 0 Å². The van der Waals surface area contributed by atoms with Gasteiger partial charge >= 0.3 is 0 Å². The smallest absolute Gasteiger partial charge is 0.149 e. The van der Waals surface area contributed by atoms with Crippen molar-refractivity contribution in [3.8, 4) is 11.7 Å². The van der Waals surface area contributed by atoms with Gasteiger partial charge in [0.25, 0.3) is 0 Å². The lowest BCUT2D eigenvalue weighted by Gasteiger charge is -2.38. The highest BCUT2D eigenvalue weighted by Gasteiger charge is 2.27. The quantitative estimate of drug-likeness (QED) is 0.282. The third kappa shape index (κ3) is 6.20. The second-order valence-corrected chi connectivity index (χ2v) is 9.27. The van der Waals surface area contributed by atoms with Crippen LogP contribution in [0.2, 0.25) is 0 Å². The molecule has 4 aromatic rings. The van der Waals surface area contributed by atoms with Crippen molar-refractivity contribution in [3.63, 3.8) is 0 Å². The molecule has 1 aromatic heterocycles. The summed E-state index contributed by atoms with van der Waals surface area (Å²) >= 11 is 0. The number of aromatic nitrogens is 1. The van der Waals surface area contributed by atoms with Gasteiger partial charge in [-0.2, -0.15) is 16.4 Å². The Bertz CT molecular complexity index is 1040. The standard InChI is InChI=1S/C25H19BN.C4H12N/c1-4-12-22(13-5-1)26(23-14-6-2-7-15-23,24-16-8-3-9-17-24)20-19-25-18-10-11-21-27-25;1-5(2,3)4/h1-18,21H;1-4H3/q-1;+1. The van der Waals surface area contributed by atoms with Crippen molar-refractivity contribution >= 4 is 22.5 Å². The molecular weight excluding hydrogens is 387 g/mol. The minimum absolute atomic E-state index is 0.784. The molecule has 2 nitrogen and oxygen atoms in total. The van der Waals surface area contributed by atoms with Gasteiger partial charge in [0.15, 0.2) is 0 Å². The monoisotopic (exact) mass is 418 g/mol. The van der Waals surface area contributed by atoms with Crippen molar-refractivity contribution in [1.82, 2.24) is 4.98 Å². The van der Waals surface area contributed by atoms with Crippen LogP contribution in [0.1, 0.15) is 5.69 Å². The van der Waals surface area contributed by atoms with E-state index in [1.807, 2.05) is 36.4 Å². The zero-order valence-electron chi connectivity index (χ0n) is 19.4. The number of hydrogen-bond donors (Lipinski definition) is 0. The van der Waals surface area contributed by atoms with Crippen molar-refractivity contribution < 1.29 is 4.48 Å². The predicted octanol–water partition coefficient (Wildman–Crippen LogP) is 3.47. The van der Waals surface area contributed by atoms with Gasteiger partial charge in [-0.3, -0.25) is 5.82 Å². The number of pyridine rings is 1. The fraction of sp³-hybridized carbons (Fsp3) is 0.138. The van der Waals surface area contributed by atoms with Gasteiger partial charge in [0, 0.05) is 6.20 Å². The van der Waals surface area contributed by atoms with Crippen molar-refractivity contribution in [3.05, 3.63) is 121 Å². The topological polar surface area (TPSA) is 12.9 Å². The molecule has 0 aliphatic carbocycles. The Balaban J connectivity index is 0.000000523. The van der Waals surface area contributed by atoms with E-state index in [4.69, 9.17) is 0 Å². The molecule has 0 amide bonds.